The molecule has 0 amide bonds. The lowest BCUT2D eigenvalue weighted by molar-refractivity contribution is 0.712. The van der Waals surface area contributed by atoms with Crippen LogP contribution in [0.3, 0.4) is 0 Å². The van der Waals surface area contributed by atoms with Crippen LogP contribution < -0.4 is 0 Å². The molecule has 0 spiro atoms. The molecule has 0 heterocycles. The lowest BCUT2D eigenvalue weighted by Gasteiger charge is -2.06. The van der Waals surface area contributed by atoms with E-state index in [2.05, 4.69) is 37.9 Å². The second-order valence-corrected chi connectivity index (χ2v) is 5.74. The van der Waals surface area contributed by atoms with Crippen LogP contribution >= 0.6 is 49.6 Å². The highest BCUT2D eigenvalue weighted by Crippen LogP contribution is 2.12. The fourth-order valence-electron chi connectivity index (χ4n) is 0.942. The maximum Gasteiger partial charge on any atom is 0.0196 e. The molecule has 0 aromatic heterocycles. The zero-order chi connectivity index (χ0) is 9.94. The maximum absolute atomic E-state index is 4.38. The van der Waals surface area contributed by atoms with E-state index in [9.17, 15) is 0 Å². The first-order valence-electron chi connectivity index (χ1n) is 4.78. The van der Waals surface area contributed by atoms with Gasteiger partial charge in [0.15, 0.2) is 0 Å². The van der Waals surface area contributed by atoms with Crippen molar-refractivity contribution < 1.29 is 0 Å². The third-order valence-electron chi connectivity index (χ3n) is 1.72. The number of hydrogen-bond acceptors (Lipinski definition) is 4. The maximum atomic E-state index is 4.38. The Morgan fingerprint density at radius 2 is 1.69 bits per heavy atom. The van der Waals surface area contributed by atoms with E-state index in [4.69, 9.17) is 0 Å². The Morgan fingerprint density at radius 3 is 2.31 bits per heavy atom. The highest BCUT2D eigenvalue weighted by molar-refractivity contribution is 8.00. The van der Waals surface area contributed by atoms with Crippen molar-refractivity contribution in [3.8, 4) is 0 Å². The Labute approximate surface area is 103 Å². The van der Waals surface area contributed by atoms with Gasteiger partial charge in [-0.15, -0.1) is 0 Å². The molecular formula is C9H20S4. The smallest absolute Gasteiger partial charge is 0.0196 e. The van der Waals surface area contributed by atoms with E-state index in [-0.39, 0.29) is 0 Å². The van der Waals surface area contributed by atoms with Crippen LogP contribution in [0, 0.1) is 0 Å². The van der Waals surface area contributed by atoms with Gasteiger partial charge in [0.2, 0.25) is 0 Å². The zero-order valence-corrected chi connectivity index (χ0v) is 11.5. The third-order valence-corrected chi connectivity index (χ3v) is 4.59. The molecule has 0 radical (unpaired) electrons. The molecule has 0 bridgehead atoms. The minimum atomic E-state index is 0.464. The lowest BCUT2D eigenvalue weighted by atomic mass is 10.2. The van der Waals surface area contributed by atoms with Crippen LogP contribution in [0.5, 0.6) is 0 Å². The van der Waals surface area contributed by atoms with Gasteiger partial charge in [0.1, 0.15) is 0 Å². The van der Waals surface area contributed by atoms with Gasteiger partial charge in [-0.2, -0.15) is 49.6 Å². The van der Waals surface area contributed by atoms with Gasteiger partial charge in [-0.1, -0.05) is 12.8 Å². The van der Waals surface area contributed by atoms with Gasteiger partial charge in [0, 0.05) is 16.8 Å². The van der Waals surface area contributed by atoms with Crippen LogP contribution in [-0.4, -0.2) is 28.3 Å². The molecular weight excluding hydrogens is 236 g/mol. The summed E-state index contributed by atoms with van der Waals surface area (Å²) in [6.45, 7) is 0. The van der Waals surface area contributed by atoms with E-state index in [1.54, 1.807) is 0 Å². The lowest BCUT2D eigenvalue weighted by Crippen LogP contribution is -2.04. The summed E-state index contributed by atoms with van der Waals surface area (Å²) in [7, 11) is 0. The Kier molecular flexibility index (Phi) is 12.7. The molecule has 1 atom stereocenters. The fraction of sp³-hybridized carbons (Fsp3) is 1.00. The molecule has 0 aromatic rings. The van der Waals surface area contributed by atoms with E-state index in [1.807, 2.05) is 11.8 Å². The monoisotopic (exact) mass is 256 g/mol. The van der Waals surface area contributed by atoms with E-state index in [0.717, 1.165) is 17.3 Å². The molecule has 0 saturated heterocycles. The summed E-state index contributed by atoms with van der Waals surface area (Å²) in [6, 6.07) is 0. The third kappa shape index (κ3) is 11.3. The Hall–Kier alpha value is 1.40. The quantitative estimate of drug-likeness (QED) is 0.420. The fourth-order valence-corrected chi connectivity index (χ4v) is 2.75. The number of unbranched alkanes of at least 4 members (excludes halogenated alkanes) is 3. The summed E-state index contributed by atoms with van der Waals surface area (Å²) in [5.41, 5.74) is 0. The van der Waals surface area contributed by atoms with Crippen molar-refractivity contribution in [2.24, 2.45) is 0 Å². The summed E-state index contributed by atoms with van der Waals surface area (Å²) < 4.78 is 0. The van der Waals surface area contributed by atoms with Crippen LogP contribution in [-0.2, 0) is 0 Å². The van der Waals surface area contributed by atoms with E-state index >= 15 is 0 Å². The van der Waals surface area contributed by atoms with Crippen molar-refractivity contribution in [2.45, 2.75) is 30.9 Å². The van der Waals surface area contributed by atoms with Crippen LogP contribution in [0.1, 0.15) is 25.7 Å². The second kappa shape index (κ2) is 11.5. The highest BCUT2D eigenvalue weighted by atomic mass is 32.2. The summed E-state index contributed by atoms with van der Waals surface area (Å²) >= 11 is 14.7. The topological polar surface area (TPSA) is 0 Å². The predicted molar refractivity (Wildman–Crippen MR) is 76.3 cm³/mol. The van der Waals surface area contributed by atoms with Crippen molar-refractivity contribution in [1.29, 1.82) is 0 Å². The molecule has 0 nitrogen and oxygen atoms in total. The summed E-state index contributed by atoms with van der Waals surface area (Å²) in [4.78, 5) is 0. The second-order valence-electron chi connectivity index (χ2n) is 3.05. The Morgan fingerprint density at radius 1 is 1.00 bits per heavy atom. The van der Waals surface area contributed by atoms with Gasteiger partial charge in [-0.05, 0) is 24.3 Å². The van der Waals surface area contributed by atoms with Crippen LogP contribution in [0.15, 0.2) is 0 Å². The molecule has 0 fully saturated rings. The van der Waals surface area contributed by atoms with Crippen LogP contribution in [0.25, 0.3) is 0 Å². The molecule has 0 saturated carbocycles. The van der Waals surface area contributed by atoms with Crippen LogP contribution in [0.4, 0.5) is 0 Å². The molecule has 0 aromatic carbocycles. The van der Waals surface area contributed by atoms with Crippen molar-refractivity contribution in [3.05, 3.63) is 0 Å². The number of thioether (sulfide) groups is 1. The van der Waals surface area contributed by atoms with E-state index < -0.39 is 0 Å². The highest BCUT2D eigenvalue weighted by Gasteiger charge is 1.99. The minimum Gasteiger partial charge on any atom is -0.179 e. The summed E-state index contributed by atoms with van der Waals surface area (Å²) in [6.07, 6.45) is 5.29. The summed E-state index contributed by atoms with van der Waals surface area (Å²) in [5.74, 6) is 4.33. The standard InChI is InChI=1S/C9H20S4/c10-5-3-1-2-4-6-13-8-9(12)7-11/h9-12H,1-8H2. The van der Waals surface area contributed by atoms with Crippen molar-refractivity contribution in [2.75, 3.05) is 23.0 Å². The normalized spacial score (nSPS) is 13.2. The Bertz CT molecular complexity index is 97.6. The van der Waals surface area contributed by atoms with Crippen molar-refractivity contribution in [1.82, 2.24) is 0 Å². The van der Waals surface area contributed by atoms with Crippen molar-refractivity contribution >= 4 is 49.6 Å². The minimum absolute atomic E-state index is 0.464. The first-order valence-corrected chi connectivity index (χ1v) is 7.72. The zero-order valence-electron chi connectivity index (χ0n) is 7.98. The summed E-state index contributed by atoms with van der Waals surface area (Å²) in [5, 5.41) is 0.464. The molecule has 1 unspecified atom stereocenters. The molecule has 0 aliphatic carbocycles. The van der Waals surface area contributed by atoms with E-state index in [1.165, 1.54) is 31.4 Å². The SMILES string of the molecule is SCCCCCCSCC(S)CS. The van der Waals surface area contributed by atoms with Crippen LogP contribution in [0.2, 0.25) is 0 Å². The van der Waals surface area contributed by atoms with Gasteiger partial charge >= 0.3 is 0 Å². The number of thiol groups is 3. The average Bonchev–Trinajstić information content (AvgIpc) is 2.16. The Balaban J connectivity index is 2.91. The molecule has 80 valence electrons. The molecule has 4 heteroatoms. The first kappa shape index (κ1) is 14.4. The molecule has 0 N–H and O–H groups in total. The molecule has 0 aliphatic heterocycles. The van der Waals surface area contributed by atoms with Gasteiger partial charge in [-0.3, -0.25) is 0 Å². The average molecular weight is 257 g/mol. The number of rotatable bonds is 9. The predicted octanol–water partition coefficient (Wildman–Crippen LogP) is 3.44. The molecule has 13 heavy (non-hydrogen) atoms. The molecule has 0 rings (SSSR count). The van der Waals surface area contributed by atoms with Gasteiger partial charge in [-0.25, -0.2) is 0 Å². The van der Waals surface area contributed by atoms with Gasteiger partial charge in [0.05, 0.1) is 0 Å². The largest absolute Gasteiger partial charge is 0.179 e. The van der Waals surface area contributed by atoms with E-state index in [0.29, 0.717) is 5.25 Å². The van der Waals surface area contributed by atoms with Gasteiger partial charge in [0.25, 0.3) is 0 Å². The number of hydrogen-bond donors (Lipinski definition) is 3. The van der Waals surface area contributed by atoms with Gasteiger partial charge < -0.3 is 0 Å². The first-order chi connectivity index (χ1) is 6.31. The van der Waals surface area contributed by atoms with Crippen molar-refractivity contribution in [3.63, 3.8) is 0 Å². The molecule has 0 aliphatic rings.